The molecule has 0 aromatic carbocycles. The number of rotatable bonds is 1. The van der Waals surface area contributed by atoms with Gasteiger partial charge >= 0.3 is 6.09 Å². The number of hydrogen-bond acceptors (Lipinski definition) is 4. The summed E-state index contributed by atoms with van der Waals surface area (Å²) >= 11 is 0. The van der Waals surface area contributed by atoms with Crippen molar-refractivity contribution in [1.82, 2.24) is 10.2 Å². The van der Waals surface area contributed by atoms with Crippen molar-refractivity contribution in [3.8, 4) is 0 Å². The van der Waals surface area contributed by atoms with E-state index in [9.17, 15) is 14.4 Å². The molecule has 1 N–H and O–H groups in total. The Morgan fingerprint density at radius 3 is 2.53 bits per heavy atom. The van der Waals surface area contributed by atoms with Gasteiger partial charge in [0.1, 0.15) is 11.6 Å². The molecule has 0 radical (unpaired) electrons. The number of nitrogens with one attached hydrogen (secondary N) is 1. The number of piperidine rings is 1. The lowest BCUT2D eigenvalue weighted by Gasteiger charge is -2.29. The van der Waals surface area contributed by atoms with Gasteiger partial charge in [0, 0.05) is 13.5 Å². The highest BCUT2D eigenvalue weighted by atomic mass is 16.6. The molecular formula is C11H18N2O4. The van der Waals surface area contributed by atoms with Gasteiger partial charge in [0.05, 0.1) is 0 Å². The minimum Gasteiger partial charge on any atom is -0.444 e. The number of likely N-dealkylation sites (N-methyl/N-ethyl adjacent to an activating group) is 1. The minimum atomic E-state index is -0.674. The third-order valence-corrected chi connectivity index (χ3v) is 2.34. The quantitative estimate of drug-likeness (QED) is 0.685. The van der Waals surface area contributed by atoms with Crippen LogP contribution in [0.25, 0.3) is 0 Å². The Morgan fingerprint density at radius 2 is 2.00 bits per heavy atom. The molecule has 6 nitrogen and oxygen atoms in total. The maximum absolute atomic E-state index is 11.7. The van der Waals surface area contributed by atoms with E-state index < -0.39 is 23.6 Å². The molecule has 1 atom stereocenters. The highest BCUT2D eigenvalue weighted by molar-refractivity contribution is 6.01. The molecule has 6 heteroatoms. The molecule has 1 aliphatic rings. The van der Waals surface area contributed by atoms with Gasteiger partial charge < -0.3 is 10.1 Å². The van der Waals surface area contributed by atoms with E-state index in [4.69, 9.17) is 4.74 Å². The van der Waals surface area contributed by atoms with E-state index in [0.29, 0.717) is 6.42 Å². The van der Waals surface area contributed by atoms with E-state index in [1.54, 1.807) is 20.8 Å². The van der Waals surface area contributed by atoms with Crippen LogP contribution in [-0.4, -0.2) is 41.5 Å². The van der Waals surface area contributed by atoms with E-state index in [2.05, 4.69) is 5.32 Å². The van der Waals surface area contributed by atoms with Crippen LogP contribution in [0.5, 0.6) is 0 Å². The van der Waals surface area contributed by atoms with Crippen molar-refractivity contribution < 1.29 is 19.1 Å². The van der Waals surface area contributed by atoms with E-state index in [1.807, 2.05) is 0 Å². The molecule has 0 aromatic rings. The zero-order valence-electron chi connectivity index (χ0n) is 10.6. The van der Waals surface area contributed by atoms with Crippen LogP contribution in [0.4, 0.5) is 4.79 Å². The summed E-state index contributed by atoms with van der Waals surface area (Å²) in [6.07, 6.45) is -0.0668. The van der Waals surface area contributed by atoms with Crippen LogP contribution in [-0.2, 0) is 14.3 Å². The topological polar surface area (TPSA) is 75.7 Å². The SMILES string of the molecule is CN1C(=O)CCC(NC(=O)OC(C)(C)C)C1=O. The Kier molecular flexibility index (Phi) is 3.75. The third-order valence-electron chi connectivity index (χ3n) is 2.34. The van der Waals surface area contributed by atoms with E-state index in [1.165, 1.54) is 7.05 Å². The minimum absolute atomic E-state index is 0.225. The fourth-order valence-corrected chi connectivity index (χ4v) is 1.50. The summed E-state index contributed by atoms with van der Waals surface area (Å²) in [5, 5.41) is 2.47. The number of hydrogen-bond donors (Lipinski definition) is 1. The first-order valence-corrected chi connectivity index (χ1v) is 5.50. The molecule has 0 saturated carbocycles. The Bertz CT molecular complexity index is 346. The molecule has 1 heterocycles. The van der Waals surface area contributed by atoms with Crippen molar-refractivity contribution in [1.29, 1.82) is 0 Å². The zero-order valence-corrected chi connectivity index (χ0v) is 10.6. The smallest absolute Gasteiger partial charge is 0.408 e. The Hall–Kier alpha value is -1.59. The highest BCUT2D eigenvalue weighted by Gasteiger charge is 2.33. The molecule has 0 bridgehead atoms. The van der Waals surface area contributed by atoms with Crippen molar-refractivity contribution in [3.63, 3.8) is 0 Å². The van der Waals surface area contributed by atoms with Gasteiger partial charge in [-0.1, -0.05) is 0 Å². The molecule has 0 aromatic heterocycles. The van der Waals surface area contributed by atoms with Gasteiger partial charge in [-0.25, -0.2) is 4.79 Å². The monoisotopic (exact) mass is 242 g/mol. The average Bonchev–Trinajstić information content (AvgIpc) is 2.16. The summed E-state index contributed by atoms with van der Waals surface area (Å²) in [5.74, 6) is -0.621. The number of imide groups is 1. The summed E-state index contributed by atoms with van der Waals surface area (Å²) < 4.78 is 5.05. The molecular weight excluding hydrogens is 224 g/mol. The number of carbonyl (C=O) groups excluding carboxylic acids is 3. The second-order valence-electron chi connectivity index (χ2n) is 5.03. The highest BCUT2D eigenvalue weighted by Crippen LogP contribution is 2.13. The zero-order chi connectivity index (χ0) is 13.2. The lowest BCUT2D eigenvalue weighted by Crippen LogP contribution is -2.53. The molecule has 1 unspecified atom stereocenters. The number of nitrogens with zero attached hydrogens (tertiary/aromatic N) is 1. The van der Waals surface area contributed by atoms with Gasteiger partial charge in [-0.05, 0) is 27.2 Å². The maximum atomic E-state index is 11.7. The van der Waals surface area contributed by atoms with Crippen molar-refractivity contribution in [2.45, 2.75) is 45.3 Å². The summed E-state index contributed by atoms with van der Waals surface area (Å²) in [4.78, 5) is 35.4. The molecule has 1 rings (SSSR count). The van der Waals surface area contributed by atoms with Gasteiger partial charge in [0.2, 0.25) is 5.91 Å². The predicted molar refractivity (Wildman–Crippen MR) is 60.2 cm³/mol. The summed E-state index contributed by atoms with van der Waals surface area (Å²) in [6, 6.07) is -0.674. The maximum Gasteiger partial charge on any atom is 0.408 e. The number of alkyl carbamates (subject to hydrolysis) is 1. The summed E-state index contributed by atoms with van der Waals surface area (Å²) in [7, 11) is 1.41. The number of amides is 3. The molecule has 17 heavy (non-hydrogen) atoms. The fourth-order valence-electron chi connectivity index (χ4n) is 1.50. The second-order valence-corrected chi connectivity index (χ2v) is 5.03. The lowest BCUT2D eigenvalue weighted by atomic mass is 10.1. The van der Waals surface area contributed by atoms with Gasteiger partial charge in [-0.15, -0.1) is 0 Å². The second kappa shape index (κ2) is 4.73. The number of likely N-dealkylation sites (tertiary alicyclic amines) is 1. The molecule has 0 aliphatic carbocycles. The Balaban J connectivity index is 2.55. The summed E-state index contributed by atoms with van der Waals surface area (Å²) in [6.45, 7) is 5.22. The fraction of sp³-hybridized carbons (Fsp3) is 0.727. The predicted octanol–water partition coefficient (Wildman–Crippen LogP) is 0.658. The summed E-state index contributed by atoms with van der Waals surface area (Å²) in [5.41, 5.74) is -0.608. The van der Waals surface area contributed by atoms with Gasteiger partial charge in [0.25, 0.3) is 5.91 Å². The van der Waals surface area contributed by atoms with Gasteiger partial charge in [0.15, 0.2) is 0 Å². The van der Waals surface area contributed by atoms with Crippen molar-refractivity contribution in [2.75, 3.05) is 7.05 Å². The van der Waals surface area contributed by atoms with Crippen molar-refractivity contribution in [3.05, 3.63) is 0 Å². The first kappa shape index (κ1) is 13.5. The van der Waals surface area contributed by atoms with Gasteiger partial charge in [-0.3, -0.25) is 14.5 Å². The average molecular weight is 242 g/mol. The molecule has 3 amide bonds. The molecule has 1 aliphatic heterocycles. The lowest BCUT2D eigenvalue weighted by molar-refractivity contribution is -0.148. The van der Waals surface area contributed by atoms with Crippen molar-refractivity contribution in [2.24, 2.45) is 0 Å². The normalized spacial score (nSPS) is 21.4. The largest absolute Gasteiger partial charge is 0.444 e. The van der Waals surface area contributed by atoms with E-state index >= 15 is 0 Å². The Labute approximate surface area is 100 Å². The standard InChI is InChI=1S/C11H18N2O4/c1-11(2,3)17-10(16)12-7-5-6-8(14)13(4)9(7)15/h7H,5-6H2,1-4H3,(H,12,16). The van der Waals surface area contributed by atoms with E-state index in [-0.39, 0.29) is 12.3 Å². The molecule has 0 spiro atoms. The van der Waals surface area contributed by atoms with Crippen LogP contribution in [0.2, 0.25) is 0 Å². The van der Waals surface area contributed by atoms with Crippen LogP contribution >= 0.6 is 0 Å². The molecule has 96 valence electrons. The molecule has 1 fully saturated rings. The van der Waals surface area contributed by atoms with Crippen LogP contribution < -0.4 is 5.32 Å². The first-order valence-electron chi connectivity index (χ1n) is 5.50. The number of ether oxygens (including phenoxy) is 1. The Morgan fingerprint density at radius 1 is 1.41 bits per heavy atom. The number of carbonyl (C=O) groups is 3. The van der Waals surface area contributed by atoms with Crippen LogP contribution in [0.3, 0.4) is 0 Å². The van der Waals surface area contributed by atoms with Crippen molar-refractivity contribution >= 4 is 17.9 Å². The van der Waals surface area contributed by atoms with E-state index in [0.717, 1.165) is 4.90 Å². The van der Waals surface area contributed by atoms with Crippen LogP contribution in [0, 0.1) is 0 Å². The van der Waals surface area contributed by atoms with Gasteiger partial charge in [-0.2, -0.15) is 0 Å². The third kappa shape index (κ3) is 3.72. The van der Waals surface area contributed by atoms with Crippen LogP contribution in [0.15, 0.2) is 0 Å². The molecule has 1 saturated heterocycles. The van der Waals surface area contributed by atoms with Crippen LogP contribution in [0.1, 0.15) is 33.6 Å². The first-order chi connectivity index (χ1) is 7.70.